The smallest absolute Gasteiger partial charge is 0.277 e. The number of carbonyl (C=O) groups is 2. The Labute approximate surface area is 110 Å². The molecular formula is C10H18ClF2N3O2. The minimum absolute atomic E-state index is 0. The van der Waals surface area contributed by atoms with E-state index in [1.807, 2.05) is 0 Å². The van der Waals surface area contributed by atoms with E-state index in [0.717, 1.165) is 0 Å². The molecule has 0 bridgehead atoms. The van der Waals surface area contributed by atoms with Crippen LogP contribution in [0.15, 0.2) is 0 Å². The molecule has 18 heavy (non-hydrogen) atoms. The molecule has 0 aromatic rings. The van der Waals surface area contributed by atoms with E-state index in [-0.39, 0.29) is 24.7 Å². The summed E-state index contributed by atoms with van der Waals surface area (Å²) in [7, 11) is 1.65. The highest BCUT2D eigenvalue weighted by Crippen LogP contribution is 2.18. The lowest BCUT2D eigenvalue weighted by atomic mass is 9.95. The number of nitrogens with two attached hydrogens (primary N) is 1. The highest BCUT2D eigenvalue weighted by Gasteiger charge is 2.32. The number of hydrogen-bond acceptors (Lipinski definition) is 3. The summed E-state index contributed by atoms with van der Waals surface area (Å²) in [6, 6.07) is 0. The Balaban J connectivity index is 0.00000289. The second-order valence-electron chi connectivity index (χ2n) is 4.28. The number of nitrogens with one attached hydrogen (secondary N) is 1. The Morgan fingerprint density at radius 3 is 2.72 bits per heavy atom. The van der Waals surface area contributed by atoms with Crippen molar-refractivity contribution in [3.63, 3.8) is 0 Å². The summed E-state index contributed by atoms with van der Waals surface area (Å²) in [5.74, 6) is -4.24. The van der Waals surface area contributed by atoms with Crippen LogP contribution in [0.3, 0.4) is 0 Å². The fourth-order valence-corrected chi connectivity index (χ4v) is 1.60. The van der Waals surface area contributed by atoms with Gasteiger partial charge in [0.2, 0.25) is 11.8 Å². The predicted octanol–water partition coefficient (Wildman–Crippen LogP) is -0.0132. The third-order valence-corrected chi connectivity index (χ3v) is 2.85. The van der Waals surface area contributed by atoms with Crippen molar-refractivity contribution in [2.75, 3.05) is 26.7 Å². The van der Waals surface area contributed by atoms with Crippen LogP contribution in [0.2, 0.25) is 0 Å². The van der Waals surface area contributed by atoms with Gasteiger partial charge in [0.05, 0.1) is 13.1 Å². The maximum absolute atomic E-state index is 12.8. The molecule has 0 saturated carbocycles. The monoisotopic (exact) mass is 285 g/mol. The molecule has 1 unspecified atom stereocenters. The van der Waals surface area contributed by atoms with Gasteiger partial charge < -0.3 is 16.0 Å². The average Bonchev–Trinajstić information content (AvgIpc) is 2.30. The number of carbonyl (C=O) groups excluding carboxylic acids is 2. The van der Waals surface area contributed by atoms with E-state index in [0.29, 0.717) is 13.0 Å². The number of piperidine rings is 1. The van der Waals surface area contributed by atoms with Crippen LogP contribution < -0.4 is 11.1 Å². The third-order valence-electron chi connectivity index (χ3n) is 2.85. The van der Waals surface area contributed by atoms with Gasteiger partial charge in [0.1, 0.15) is 0 Å². The molecule has 106 valence electrons. The Morgan fingerprint density at radius 1 is 1.61 bits per heavy atom. The first kappa shape index (κ1) is 17.1. The largest absolute Gasteiger partial charge is 0.350 e. The molecule has 0 radical (unpaired) electrons. The van der Waals surface area contributed by atoms with Crippen LogP contribution in [0.5, 0.6) is 0 Å². The number of nitrogens with zero attached hydrogens (tertiary/aromatic N) is 1. The molecule has 1 fully saturated rings. The summed E-state index contributed by atoms with van der Waals surface area (Å²) in [6.07, 6.45) is 0.582. The summed E-state index contributed by atoms with van der Waals surface area (Å²) in [5, 5.41) is 2.14. The van der Waals surface area contributed by atoms with Gasteiger partial charge in [-0.25, -0.2) is 8.78 Å². The molecule has 1 aliphatic rings. The zero-order valence-corrected chi connectivity index (χ0v) is 10.9. The second kappa shape index (κ2) is 6.84. The van der Waals surface area contributed by atoms with Gasteiger partial charge in [-0.15, -0.1) is 12.4 Å². The van der Waals surface area contributed by atoms with Crippen molar-refractivity contribution in [1.82, 2.24) is 10.2 Å². The summed E-state index contributed by atoms with van der Waals surface area (Å²) in [4.78, 5) is 24.4. The first-order valence-electron chi connectivity index (χ1n) is 5.45. The van der Waals surface area contributed by atoms with Gasteiger partial charge in [-0.3, -0.25) is 9.59 Å². The minimum atomic E-state index is -3.09. The predicted molar refractivity (Wildman–Crippen MR) is 64.6 cm³/mol. The van der Waals surface area contributed by atoms with Gasteiger partial charge in [0.15, 0.2) is 0 Å². The lowest BCUT2D eigenvalue weighted by Gasteiger charge is -2.28. The van der Waals surface area contributed by atoms with Crippen molar-refractivity contribution >= 4 is 24.2 Å². The summed E-state index contributed by atoms with van der Waals surface area (Å²) >= 11 is 0. The molecule has 1 atom stereocenters. The van der Waals surface area contributed by atoms with E-state index in [4.69, 9.17) is 5.73 Å². The Kier molecular flexibility index (Phi) is 6.48. The zero-order valence-electron chi connectivity index (χ0n) is 10.1. The van der Waals surface area contributed by atoms with Gasteiger partial charge in [0, 0.05) is 25.9 Å². The van der Waals surface area contributed by atoms with Crippen LogP contribution in [0.25, 0.3) is 0 Å². The zero-order chi connectivity index (χ0) is 13.1. The van der Waals surface area contributed by atoms with Crippen molar-refractivity contribution in [3.05, 3.63) is 0 Å². The molecule has 3 N–H and O–H groups in total. The number of likely N-dealkylation sites (tertiary alicyclic amines) is 1. The van der Waals surface area contributed by atoms with Crippen LogP contribution in [0.4, 0.5) is 8.78 Å². The van der Waals surface area contributed by atoms with Crippen molar-refractivity contribution in [2.45, 2.75) is 18.8 Å². The van der Waals surface area contributed by atoms with Gasteiger partial charge >= 0.3 is 0 Å². The number of hydrogen-bond donors (Lipinski definition) is 2. The van der Waals surface area contributed by atoms with Gasteiger partial charge in [0.25, 0.3) is 5.92 Å². The van der Waals surface area contributed by atoms with Crippen molar-refractivity contribution in [1.29, 1.82) is 0 Å². The summed E-state index contributed by atoms with van der Waals surface area (Å²) < 4.78 is 25.6. The molecule has 0 spiro atoms. The molecule has 2 amide bonds. The number of halogens is 3. The SMILES string of the molecule is CN1CCC(C(=O)NCC(F)(F)CN)CC1=O.Cl. The second-order valence-corrected chi connectivity index (χ2v) is 4.28. The number of amides is 2. The molecular weight excluding hydrogens is 268 g/mol. The standard InChI is InChI=1S/C10H17F2N3O2.ClH/c1-15-3-2-7(4-8(15)16)9(17)14-6-10(11,12)5-13;/h7H,2-6,13H2,1H3,(H,14,17);1H. The average molecular weight is 286 g/mol. The Morgan fingerprint density at radius 2 is 2.22 bits per heavy atom. The summed E-state index contributed by atoms with van der Waals surface area (Å²) in [6.45, 7) is -1.10. The number of rotatable bonds is 4. The van der Waals surface area contributed by atoms with Crippen LogP contribution >= 0.6 is 12.4 Å². The topological polar surface area (TPSA) is 75.4 Å². The fraction of sp³-hybridized carbons (Fsp3) is 0.800. The van der Waals surface area contributed by atoms with E-state index >= 15 is 0 Å². The maximum Gasteiger partial charge on any atom is 0.277 e. The Hall–Kier alpha value is -0.950. The van der Waals surface area contributed by atoms with Gasteiger partial charge in [-0.1, -0.05) is 0 Å². The van der Waals surface area contributed by atoms with Crippen LogP contribution in [-0.2, 0) is 9.59 Å². The fourth-order valence-electron chi connectivity index (χ4n) is 1.60. The highest BCUT2D eigenvalue weighted by atomic mass is 35.5. The molecule has 1 aliphatic heterocycles. The molecule has 5 nitrogen and oxygen atoms in total. The molecule has 0 aromatic carbocycles. The molecule has 0 aliphatic carbocycles. The van der Waals surface area contributed by atoms with Crippen molar-refractivity contribution in [2.24, 2.45) is 11.7 Å². The van der Waals surface area contributed by atoms with E-state index < -0.39 is 30.8 Å². The van der Waals surface area contributed by atoms with Gasteiger partial charge in [-0.2, -0.15) is 0 Å². The Bertz CT molecular complexity index is 315. The van der Waals surface area contributed by atoms with E-state index in [1.165, 1.54) is 4.90 Å². The molecule has 0 aromatic heterocycles. The quantitative estimate of drug-likeness (QED) is 0.763. The van der Waals surface area contributed by atoms with Crippen LogP contribution in [0, 0.1) is 5.92 Å². The lowest BCUT2D eigenvalue weighted by molar-refractivity contribution is -0.139. The summed E-state index contributed by atoms with van der Waals surface area (Å²) in [5.41, 5.74) is 4.85. The van der Waals surface area contributed by atoms with E-state index in [2.05, 4.69) is 5.32 Å². The van der Waals surface area contributed by atoms with E-state index in [9.17, 15) is 18.4 Å². The molecule has 1 saturated heterocycles. The minimum Gasteiger partial charge on any atom is -0.350 e. The van der Waals surface area contributed by atoms with E-state index in [1.54, 1.807) is 7.05 Å². The third kappa shape index (κ3) is 4.73. The number of alkyl halides is 2. The maximum atomic E-state index is 12.8. The normalized spacial score (nSPS) is 20.3. The van der Waals surface area contributed by atoms with Crippen molar-refractivity contribution in [3.8, 4) is 0 Å². The first-order chi connectivity index (χ1) is 7.85. The molecule has 1 heterocycles. The van der Waals surface area contributed by atoms with Crippen molar-refractivity contribution < 1.29 is 18.4 Å². The molecule has 1 rings (SSSR count). The lowest BCUT2D eigenvalue weighted by Crippen LogP contribution is -2.46. The molecule has 8 heteroatoms. The van der Waals surface area contributed by atoms with Crippen LogP contribution in [0.1, 0.15) is 12.8 Å². The van der Waals surface area contributed by atoms with Gasteiger partial charge in [-0.05, 0) is 6.42 Å². The first-order valence-corrected chi connectivity index (χ1v) is 5.45. The highest BCUT2D eigenvalue weighted by molar-refractivity contribution is 5.86. The van der Waals surface area contributed by atoms with Crippen LogP contribution in [-0.4, -0.2) is 49.3 Å².